The molecule has 0 bridgehead atoms. The summed E-state index contributed by atoms with van der Waals surface area (Å²) in [5.74, 6) is 0. The molecular formula is C8H17N3. The van der Waals surface area contributed by atoms with E-state index in [4.69, 9.17) is 5.73 Å². The van der Waals surface area contributed by atoms with Crippen molar-refractivity contribution in [2.24, 2.45) is 21.4 Å². The van der Waals surface area contributed by atoms with Crippen LogP contribution in [-0.2, 0) is 0 Å². The molecule has 0 aromatic heterocycles. The van der Waals surface area contributed by atoms with E-state index in [1.54, 1.807) is 6.20 Å². The standard InChI is InChI=1S/C8H17N3/c1-5-6-10-11-7(9)8(2,3)4/h5-7H,9H2,1-4H3/b6-5-,11-10-. The second-order valence-corrected chi connectivity index (χ2v) is 3.52. The van der Waals surface area contributed by atoms with Gasteiger partial charge in [0, 0.05) is 6.20 Å². The van der Waals surface area contributed by atoms with E-state index in [0.717, 1.165) is 0 Å². The molecule has 0 amide bonds. The SMILES string of the molecule is C/C=C\N=N/C(N)C(C)(C)C. The summed E-state index contributed by atoms with van der Waals surface area (Å²) in [5.41, 5.74) is 5.69. The molecular weight excluding hydrogens is 138 g/mol. The molecule has 0 rings (SSSR count). The summed E-state index contributed by atoms with van der Waals surface area (Å²) in [6.07, 6.45) is 3.23. The lowest BCUT2D eigenvalue weighted by Crippen LogP contribution is -2.32. The molecule has 0 saturated heterocycles. The van der Waals surface area contributed by atoms with Gasteiger partial charge in [0.25, 0.3) is 0 Å². The molecule has 3 heteroatoms. The molecule has 0 heterocycles. The topological polar surface area (TPSA) is 50.7 Å². The molecule has 64 valence electrons. The number of rotatable bonds is 2. The Hall–Kier alpha value is -0.700. The van der Waals surface area contributed by atoms with Crippen molar-refractivity contribution in [3.63, 3.8) is 0 Å². The number of nitrogens with zero attached hydrogens (tertiary/aromatic N) is 2. The fraction of sp³-hybridized carbons (Fsp3) is 0.750. The highest BCUT2D eigenvalue weighted by atomic mass is 15.2. The summed E-state index contributed by atoms with van der Waals surface area (Å²) in [7, 11) is 0. The first-order valence-electron chi connectivity index (χ1n) is 3.75. The highest BCUT2D eigenvalue weighted by Gasteiger charge is 2.19. The summed E-state index contributed by atoms with van der Waals surface area (Å²) >= 11 is 0. The predicted octanol–water partition coefficient (Wildman–Crippen LogP) is 2.30. The minimum Gasteiger partial charge on any atom is -0.308 e. The van der Waals surface area contributed by atoms with Gasteiger partial charge in [-0.05, 0) is 12.3 Å². The Bertz CT molecular complexity index is 153. The fourth-order valence-corrected chi connectivity index (χ4v) is 0.350. The summed E-state index contributed by atoms with van der Waals surface area (Å²) < 4.78 is 0. The maximum atomic E-state index is 5.70. The minimum absolute atomic E-state index is 0.00885. The van der Waals surface area contributed by atoms with Crippen LogP contribution in [0.25, 0.3) is 0 Å². The molecule has 1 unspecified atom stereocenters. The summed E-state index contributed by atoms with van der Waals surface area (Å²) in [6.45, 7) is 7.99. The van der Waals surface area contributed by atoms with Crippen LogP contribution in [0, 0.1) is 5.41 Å². The Morgan fingerprint density at radius 3 is 2.27 bits per heavy atom. The number of hydrogen-bond donors (Lipinski definition) is 1. The van der Waals surface area contributed by atoms with Crippen molar-refractivity contribution in [1.29, 1.82) is 0 Å². The van der Waals surface area contributed by atoms with Crippen LogP contribution < -0.4 is 5.73 Å². The third kappa shape index (κ3) is 4.67. The monoisotopic (exact) mass is 155 g/mol. The molecule has 3 nitrogen and oxygen atoms in total. The molecule has 0 spiro atoms. The lowest BCUT2D eigenvalue weighted by molar-refractivity contribution is 0.320. The van der Waals surface area contributed by atoms with Crippen LogP contribution in [0.5, 0.6) is 0 Å². The number of nitrogens with two attached hydrogens (primary N) is 1. The maximum absolute atomic E-state index is 5.70. The van der Waals surface area contributed by atoms with Gasteiger partial charge in [-0.2, -0.15) is 10.2 Å². The van der Waals surface area contributed by atoms with E-state index in [9.17, 15) is 0 Å². The molecule has 0 aliphatic carbocycles. The Balaban J connectivity index is 3.96. The van der Waals surface area contributed by atoms with Gasteiger partial charge in [-0.1, -0.05) is 26.8 Å². The van der Waals surface area contributed by atoms with Gasteiger partial charge in [0.1, 0.15) is 6.17 Å². The number of hydrogen-bond acceptors (Lipinski definition) is 3. The molecule has 0 aromatic rings. The Kier molecular flexibility index (Phi) is 3.97. The average Bonchev–Trinajstić information content (AvgIpc) is 1.86. The molecule has 0 radical (unpaired) electrons. The average molecular weight is 155 g/mol. The molecule has 0 fully saturated rings. The van der Waals surface area contributed by atoms with Crippen LogP contribution in [0.2, 0.25) is 0 Å². The van der Waals surface area contributed by atoms with Crippen LogP contribution in [0.4, 0.5) is 0 Å². The van der Waals surface area contributed by atoms with Crippen LogP contribution >= 0.6 is 0 Å². The highest BCUT2D eigenvalue weighted by molar-refractivity contribution is 4.76. The van der Waals surface area contributed by atoms with Crippen molar-refractivity contribution in [3.8, 4) is 0 Å². The molecule has 0 aliphatic rings. The lowest BCUT2D eigenvalue weighted by Gasteiger charge is -2.21. The van der Waals surface area contributed by atoms with Crippen molar-refractivity contribution in [2.45, 2.75) is 33.9 Å². The first kappa shape index (κ1) is 10.3. The van der Waals surface area contributed by atoms with Gasteiger partial charge < -0.3 is 5.73 Å². The summed E-state index contributed by atoms with van der Waals surface area (Å²) in [4.78, 5) is 0. The van der Waals surface area contributed by atoms with Crippen molar-refractivity contribution in [2.75, 3.05) is 0 Å². The summed E-state index contributed by atoms with van der Waals surface area (Å²) in [5, 5.41) is 7.68. The van der Waals surface area contributed by atoms with Gasteiger partial charge in [0.15, 0.2) is 0 Å². The molecule has 0 saturated carbocycles. The quantitative estimate of drug-likeness (QED) is 0.611. The molecule has 0 aliphatic heterocycles. The Morgan fingerprint density at radius 2 is 1.91 bits per heavy atom. The second-order valence-electron chi connectivity index (χ2n) is 3.52. The first-order valence-corrected chi connectivity index (χ1v) is 3.75. The van der Waals surface area contributed by atoms with Crippen molar-refractivity contribution >= 4 is 0 Å². The zero-order valence-electron chi connectivity index (χ0n) is 7.70. The van der Waals surface area contributed by atoms with Gasteiger partial charge >= 0.3 is 0 Å². The largest absolute Gasteiger partial charge is 0.308 e. The molecule has 0 aromatic carbocycles. The fourth-order valence-electron chi connectivity index (χ4n) is 0.350. The smallest absolute Gasteiger partial charge is 0.123 e. The van der Waals surface area contributed by atoms with E-state index in [-0.39, 0.29) is 11.6 Å². The van der Waals surface area contributed by atoms with E-state index in [2.05, 4.69) is 10.2 Å². The van der Waals surface area contributed by atoms with Crippen LogP contribution in [-0.4, -0.2) is 6.17 Å². The van der Waals surface area contributed by atoms with E-state index in [0.29, 0.717) is 0 Å². The molecule has 11 heavy (non-hydrogen) atoms. The Labute approximate surface area is 68.4 Å². The zero-order valence-corrected chi connectivity index (χ0v) is 7.70. The summed E-state index contributed by atoms with van der Waals surface area (Å²) in [6, 6.07) is 0. The normalized spacial score (nSPS) is 16.5. The number of azo groups is 1. The van der Waals surface area contributed by atoms with Gasteiger partial charge in [0.2, 0.25) is 0 Å². The molecule has 1 atom stereocenters. The highest BCUT2D eigenvalue weighted by Crippen LogP contribution is 2.17. The van der Waals surface area contributed by atoms with Crippen molar-refractivity contribution < 1.29 is 0 Å². The van der Waals surface area contributed by atoms with Crippen LogP contribution in [0.15, 0.2) is 22.5 Å². The maximum Gasteiger partial charge on any atom is 0.123 e. The third-order valence-corrected chi connectivity index (χ3v) is 1.29. The first-order chi connectivity index (χ1) is 4.98. The van der Waals surface area contributed by atoms with Crippen molar-refractivity contribution in [3.05, 3.63) is 12.3 Å². The minimum atomic E-state index is -0.223. The number of allylic oxidation sites excluding steroid dienone is 1. The van der Waals surface area contributed by atoms with Crippen molar-refractivity contribution in [1.82, 2.24) is 0 Å². The van der Waals surface area contributed by atoms with E-state index < -0.39 is 0 Å². The van der Waals surface area contributed by atoms with E-state index in [1.165, 1.54) is 0 Å². The lowest BCUT2D eigenvalue weighted by atomic mass is 9.93. The van der Waals surface area contributed by atoms with E-state index >= 15 is 0 Å². The van der Waals surface area contributed by atoms with Crippen LogP contribution in [0.1, 0.15) is 27.7 Å². The van der Waals surface area contributed by atoms with Crippen LogP contribution in [0.3, 0.4) is 0 Å². The van der Waals surface area contributed by atoms with Gasteiger partial charge in [-0.3, -0.25) is 0 Å². The predicted molar refractivity (Wildman–Crippen MR) is 47.1 cm³/mol. The second kappa shape index (κ2) is 4.23. The van der Waals surface area contributed by atoms with Gasteiger partial charge in [0.05, 0.1) is 0 Å². The third-order valence-electron chi connectivity index (χ3n) is 1.29. The van der Waals surface area contributed by atoms with Gasteiger partial charge in [-0.25, -0.2) is 0 Å². The molecule has 2 N–H and O–H groups in total. The van der Waals surface area contributed by atoms with E-state index in [1.807, 2.05) is 33.8 Å². The Morgan fingerprint density at radius 1 is 1.36 bits per heavy atom. The zero-order chi connectivity index (χ0) is 8.91. The van der Waals surface area contributed by atoms with Gasteiger partial charge in [-0.15, -0.1) is 0 Å².